The molecule has 0 radical (unpaired) electrons. The van der Waals surface area contributed by atoms with Crippen molar-refractivity contribution >= 4 is 40.6 Å². The zero-order valence-electron chi connectivity index (χ0n) is 12.9. The van der Waals surface area contributed by atoms with Crippen LogP contribution in [0.3, 0.4) is 0 Å². The quantitative estimate of drug-likeness (QED) is 0.716. The summed E-state index contributed by atoms with van der Waals surface area (Å²) >= 11 is 12.0. The molecule has 2 N–H and O–H groups in total. The molecule has 0 bridgehead atoms. The molecular formula is C15H13Cl2N5O2. The third-order valence-corrected chi connectivity index (χ3v) is 4.17. The van der Waals surface area contributed by atoms with Gasteiger partial charge in [0.25, 0.3) is 0 Å². The van der Waals surface area contributed by atoms with Crippen LogP contribution in [0, 0.1) is 6.92 Å². The number of rotatable bonds is 3. The molecule has 0 aliphatic heterocycles. The van der Waals surface area contributed by atoms with E-state index in [0.29, 0.717) is 26.9 Å². The Balaban J connectivity index is 2.21. The minimum absolute atomic E-state index is 0.0628. The summed E-state index contributed by atoms with van der Waals surface area (Å²) in [5.41, 5.74) is 8.50. The molecule has 1 aromatic carbocycles. The maximum absolute atomic E-state index is 11.9. The molecule has 24 heavy (non-hydrogen) atoms. The SMILES string of the molecule is CCOC(=O)c1nnc2c(-c3ccc(Cl)c(Cl)c3)c(C)nn2c1N. The third kappa shape index (κ3) is 2.65. The van der Waals surface area contributed by atoms with Crippen LogP contribution >= 0.6 is 23.2 Å². The summed E-state index contributed by atoms with van der Waals surface area (Å²) in [6, 6.07) is 5.20. The Morgan fingerprint density at radius 1 is 1.29 bits per heavy atom. The second kappa shape index (κ2) is 6.26. The van der Waals surface area contributed by atoms with Gasteiger partial charge in [-0.3, -0.25) is 0 Å². The Morgan fingerprint density at radius 2 is 2.04 bits per heavy atom. The van der Waals surface area contributed by atoms with Crippen molar-refractivity contribution in [2.45, 2.75) is 13.8 Å². The van der Waals surface area contributed by atoms with E-state index in [2.05, 4.69) is 15.3 Å². The van der Waals surface area contributed by atoms with Crippen molar-refractivity contribution in [1.29, 1.82) is 0 Å². The van der Waals surface area contributed by atoms with E-state index < -0.39 is 5.97 Å². The number of esters is 1. The summed E-state index contributed by atoms with van der Waals surface area (Å²) in [6.45, 7) is 3.71. The topological polar surface area (TPSA) is 95.4 Å². The predicted octanol–water partition coefficient (Wildman–Crippen LogP) is 3.17. The number of nitrogens with two attached hydrogens (primary N) is 1. The number of aromatic nitrogens is 4. The van der Waals surface area contributed by atoms with Crippen LogP contribution < -0.4 is 5.73 Å². The fraction of sp³-hybridized carbons (Fsp3) is 0.200. The first kappa shape index (κ1) is 16.5. The lowest BCUT2D eigenvalue weighted by Crippen LogP contribution is -2.15. The molecule has 2 aromatic heterocycles. The molecule has 0 saturated heterocycles. The molecule has 0 amide bonds. The number of hydrogen-bond donors (Lipinski definition) is 1. The minimum Gasteiger partial charge on any atom is -0.461 e. The van der Waals surface area contributed by atoms with Crippen molar-refractivity contribution < 1.29 is 9.53 Å². The first-order valence-electron chi connectivity index (χ1n) is 7.08. The van der Waals surface area contributed by atoms with Gasteiger partial charge in [-0.1, -0.05) is 29.3 Å². The molecule has 3 aromatic rings. The van der Waals surface area contributed by atoms with E-state index >= 15 is 0 Å². The lowest BCUT2D eigenvalue weighted by Gasteiger charge is -2.06. The predicted molar refractivity (Wildman–Crippen MR) is 91.3 cm³/mol. The van der Waals surface area contributed by atoms with Crippen molar-refractivity contribution in [2.75, 3.05) is 12.3 Å². The largest absolute Gasteiger partial charge is 0.461 e. The van der Waals surface area contributed by atoms with Gasteiger partial charge in [0.05, 0.1) is 27.9 Å². The van der Waals surface area contributed by atoms with Crippen LogP contribution in [0.4, 0.5) is 5.82 Å². The van der Waals surface area contributed by atoms with Crippen molar-refractivity contribution in [3.63, 3.8) is 0 Å². The van der Waals surface area contributed by atoms with Crippen molar-refractivity contribution in [1.82, 2.24) is 19.8 Å². The Bertz CT molecular complexity index is 955. The first-order valence-corrected chi connectivity index (χ1v) is 7.83. The summed E-state index contributed by atoms with van der Waals surface area (Å²) in [4.78, 5) is 11.9. The van der Waals surface area contributed by atoms with E-state index in [4.69, 9.17) is 33.7 Å². The Labute approximate surface area is 147 Å². The molecular weight excluding hydrogens is 353 g/mol. The highest BCUT2D eigenvalue weighted by Crippen LogP contribution is 2.32. The van der Waals surface area contributed by atoms with E-state index in [1.807, 2.05) is 0 Å². The van der Waals surface area contributed by atoms with Gasteiger partial charge in [0, 0.05) is 0 Å². The number of halogens is 2. The fourth-order valence-electron chi connectivity index (χ4n) is 2.36. The summed E-state index contributed by atoms with van der Waals surface area (Å²) in [5, 5.41) is 13.2. The highest BCUT2D eigenvalue weighted by atomic mass is 35.5. The van der Waals surface area contributed by atoms with E-state index in [0.717, 1.165) is 5.56 Å². The lowest BCUT2D eigenvalue weighted by molar-refractivity contribution is 0.0519. The molecule has 124 valence electrons. The Morgan fingerprint density at radius 3 is 2.71 bits per heavy atom. The number of carbonyl (C=O) groups excluding carboxylic acids is 1. The maximum atomic E-state index is 11.9. The second-order valence-electron chi connectivity index (χ2n) is 4.98. The molecule has 2 heterocycles. The average molecular weight is 366 g/mol. The molecule has 0 fully saturated rings. The highest BCUT2D eigenvalue weighted by molar-refractivity contribution is 6.42. The van der Waals surface area contributed by atoms with Crippen LogP contribution in [0.5, 0.6) is 0 Å². The van der Waals surface area contributed by atoms with Gasteiger partial charge < -0.3 is 10.5 Å². The number of nitrogens with zero attached hydrogens (tertiary/aromatic N) is 4. The summed E-state index contributed by atoms with van der Waals surface area (Å²) in [6.07, 6.45) is 0. The monoisotopic (exact) mass is 365 g/mol. The Kier molecular flexibility index (Phi) is 4.29. The number of ether oxygens (including phenoxy) is 1. The molecule has 0 aliphatic carbocycles. The van der Waals surface area contributed by atoms with Crippen LogP contribution in [0.1, 0.15) is 23.1 Å². The number of benzene rings is 1. The van der Waals surface area contributed by atoms with Crippen LogP contribution in [0.2, 0.25) is 10.0 Å². The molecule has 0 spiro atoms. The number of aryl methyl sites for hydroxylation is 1. The van der Waals surface area contributed by atoms with Gasteiger partial charge in [-0.05, 0) is 31.5 Å². The van der Waals surface area contributed by atoms with E-state index in [9.17, 15) is 4.79 Å². The molecule has 0 unspecified atom stereocenters. The standard InChI is InChI=1S/C15H13Cl2N5O2/c1-3-24-15(23)12-13(18)22-14(20-19-12)11(7(2)21-22)8-4-5-9(16)10(17)6-8/h4-6H,3,18H2,1-2H3. The maximum Gasteiger partial charge on any atom is 0.362 e. The molecule has 9 heteroatoms. The lowest BCUT2D eigenvalue weighted by atomic mass is 10.1. The molecule has 7 nitrogen and oxygen atoms in total. The first-order chi connectivity index (χ1) is 11.4. The number of nitrogen functional groups attached to an aromatic ring is 1. The zero-order chi connectivity index (χ0) is 17.4. The Hall–Kier alpha value is -2.38. The van der Waals surface area contributed by atoms with Gasteiger partial charge in [0.2, 0.25) is 5.69 Å². The van der Waals surface area contributed by atoms with E-state index in [-0.39, 0.29) is 18.1 Å². The third-order valence-electron chi connectivity index (χ3n) is 3.43. The summed E-state index contributed by atoms with van der Waals surface area (Å²) in [5.74, 6) is -0.582. The summed E-state index contributed by atoms with van der Waals surface area (Å²) in [7, 11) is 0. The fourth-order valence-corrected chi connectivity index (χ4v) is 2.66. The number of hydrogen-bond acceptors (Lipinski definition) is 6. The van der Waals surface area contributed by atoms with Crippen molar-refractivity contribution in [3.8, 4) is 11.1 Å². The summed E-state index contributed by atoms with van der Waals surface area (Å²) < 4.78 is 6.28. The van der Waals surface area contributed by atoms with Crippen LogP contribution in [-0.2, 0) is 4.74 Å². The van der Waals surface area contributed by atoms with Crippen LogP contribution in [0.25, 0.3) is 16.8 Å². The number of carbonyl (C=O) groups is 1. The van der Waals surface area contributed by atoms with E-state index in [1.54, 1.807) is 32.0 Å². The molecule has 0 saturated carbocycles. The normalized spacial score (nSPS) is 11.0. The average Bonchev–Trinajstić information content (AvgIpc) is 2.88. The molecule has 3 rings (SSSR count). The van der Waals surface area contributed by atoms with E-state index in [1.165, 1.54) is 4.52 Å². The van der Waals surface area contributed by atoms with Gasteiger partial charge >= 0.3 is 5.97 Å². The van der Waals surface area contributed by atoms with Gasteiger partial charge in [-0.25, -0.2) is 4.79 Å². The van der Waals surface area contributed by atoms with Crippen LogP contribution in [0.15, 0.2) is 18.2 Å². The van der Waals surface area contributed by atoms with Gasteiger partial charge in [0.1, 0.15) is 0 Å². The zero-order valence-corrected chi connectivity index (χ0v) is 14.4. The van der Waals surface area contributed by atoms with Gasteiger partial charge in [0.15, 0.2) is 11.5 Å². The van der Waals surface area contributed by atoms with Gasteiger partial charge in [-0.2, -0.15) is 9.61 Å². The highest BCUT2D eigenvalue weighted by Gasteiger charge is 2.21. The second-order valence-corrected chi connectivity index (χ2v) is 5.79. The minimum atomic E-state index is -0.645. The van der Waals surface area contributed by atoms with Crippen LogP contribution in [-0.4, -0.2) is 32.4 Å². The number of fused-ring (bicyclic) bond motifs is 1. The van der Waals surface area contributed by atoms with Gasteiger partial charge in [-0.15, -0.1) is 10.2 Å². The van der Waals surface area contributed by atoms with Crippen molar-refractivity contribution in [3.05, 3.63) is 39.6 Å². The van der Waals surface area contributed by atoms with Crippen molar-refractivity contribution in [2.24, 2.45) is 0 Å². The number of anilines is 1. The molecule has 0 aliphatic rings. The molecule has 0 atom stereocenters. The smallest absolute Gasteiger partial charge is 0.362 e.